The minimum atomic E-state index is -1.27. The smallest absolute Gasteiger partial charge is 0.249 e. The van der Waals surface area contributed by atoms with Crippen LogP contribution in [-0.4, -0.2) is 39.2 Å². The third kappa shape index (κ3) is 5.43. The van der Waals surface area contributed by atoms with Crippen LogP contribution in [0.1, 0.15) is 20.3 Å². The summed E-state index contributed by atoms with van der Waals surface area (Å²) < 4.78 is -0.0520. The van der Waals surface area contributed by atoms with Crippen molar-refractivity contribution in [2.75, 3.05) is 13.2 Å². The fourth-order valence-corrected chi connectivity index (χ4v) is 1.09. The molecule has 0 aromatic heterocycles. The van der Waals surface area contributed by atoms with Crippen LogP contribution in [0.4, 0.5) is 0 Å². The van der Waals surface area contributed by atoms with E-state index in [1.807, 2.05) is 0 Å². The van der Waals surface area contributed by atoms with Gasteiger partial charge in [0.05, 0.1) is 6.61 Å². The molecule has 0 rings (SSSR count). The van der Waals surface area contributed by atoms with Gasteiger partial charge in [-0.3, -0.25) is 9.59 Å². The van der Waals surface area contributed by atoms with Crippen LogP contribution >= 0.6 is 22.6 Å². The number of hydrogen-bond donors (Lipinski definition) is 3. The molecule has 0 bridgehead atoms. The molecule has 1 amide bonds. The minimum absolute atomic E-state index is 0.0520. The number of aliphatic hydroxyl groups excluding tert-OH is 2. The quantitative estimate of drug-likeness (QED) is 0.467. The molecule has 1 unspecified atom stereocenters. The number of amides is 1. The van der Waals surface area contributed by atoms with E-state index in [0.29, 0.717) is 0 Å². The van der Waals surface area contributed by atoms with Gasteiger partial charge in [0, 0.05) is 18.4 Å². The number of rotatable bonds is 6. The second kappa shape index (κ2) is 6.39. The molecule has 6 heteroatoms. The third-order valence-corrected chi connectivity index (χ3v) is 2.56. The Labute approximate surface area is 102 Å². The van der Waals surface area contributed by atoms with Crippen molar-refractivity contribution in [2.24, 2.45) is 5.41 Å². The van der Waals surface area contributed by atoms with Gasteiger partial charge in [0.2, 0.25) is 5.91 Å². The van der Waals surface area contributed by atoms with Crippen molar-refractivity contribution in [2.45, 2.75) is 26.4 Å². The molecule has 0 saturated carbocycles. The molecule has 0 aliphatic heterocycles. The van der Waals surface area contributed by atoms with E-state index in [4.69, 9.17) is 5.11 Å². The zero-order valence-electron chi connectivity index (χ0n) is 8.79. The minimum Gasteiger partial charge on any atom is -0.396 e. The maximum Gasteiger partial charge on any atom is 0.249 e. The normalized spacial score (nSPS) is 13.4. The molecule has 15 heavy (non-hydrogen) atoms. The van der Waals surface area contributed by atoms with E-state index in [1.165, 1.54) is 0 Å². The fourth-order valence-electron chi connectivity index (χ4n) is 0.822. The molecule has 0 aromatic carbocycles. The highest BCUT2D eigenvalue weighted by Crippen LogP contribution is 2.19. The van der Waals surface area contributed by atoms with Gasteiger partial charge in [-0.05, 0) is 22.6 Å². The van der Waals surface area contributed by atoms with Crippen molar-refractivity contribution in [3.05, 3.63) is 0 Å². The zero-order chi connectivity index (χ0) is 12.1. The molecule has 0 saturated heterocycles. The number of halogens is 1. The van der Waals surface area contributed by atoms with Gasteiger partial charge in [0.15, 0.2) is 3.79 Å². The molecule has 3 N–H and O–H groups in total. The lowest BCUT2D eigenvalue weighted by Gasteiger charge is -2.26. The topological polar surface area (TPSA) is 86.6 Å². The van der Waals surface area contributed by atoms with Crippen molar-refractivity contribution in [3.8, 4) is 0 Å². The van der Waals surface area contributed by atoms with E-state index >= 15 is 0 Å². The van der Waals surface area contributed by atoms with E-state index in [9.17, 15) is 14.7 Å². The Balaban J connectivity index is 4.05. The van der Waals surface area contributed by atoms with Crippen molar-refractivity contribution in [1.82, 2.24) is 5.32 Å². The van der Waals surface area contributed by atoms with E-state index in [2.05, 4.69) is 5.32 Å². The Morgan fingerprint density at radius 2 is 2.00 bits per heavy atom. The standard InChI is InChI=1S/C9H16INO4/c1-9(2,5-12)7(14)8(15)11-4-3-6(10)13/h7,12,14H,3-5H2,1-2H3,(H,11,15). The molecule has 0 fully saturated rings. The highest BCUT2D eigenvalue weighted by atomic mass is 127. The molecular weight excluding hydrogens is 313 g/mol. The fraction of sp³-hybridized carbons (Fsp3) is 0.778. The first-order valence-corrected chi connectivity index (χ1v) is 5.64. The van der Waals surface area contributed by atoms with Gasteiger partial charge < -0.3 is 15.5 Å². The average Bonchev–Trinajstić information content (AvgIpc) is 2.15. The lowest BCUT2D eigenvalue weighted by atomic mass is 9.87. The van der Waals surface area contributed by atoms with Gasteiger partial charge in [-0.25, -0.2) is 0 Å². The summed E-state index contributed by atoms with van der Waals surface area (Å²) in [5.74, 6) is -0.563. The van der Waals surface area contributed by atoms with Gasteiger partial charge in [-0.15, -0.1) is 0 Å². The molecule has 0 aromatic rings. The maximum atomic E-state index is 11.3. The molecule has 88 valence electrons. The van der Waals surface area contributed by atoms with Crippen LogP contribution in [0.5, 0.6) is 0 Å². The van der Waals surface area contributed by atoms with Crippen molar-refractivity contribution < 1.29 is 19.8 Å². The number of nitrogens with one attached hydrogen (secondary N) is 1. The van der Waals surface area contributed by atoms with E-state index in [0.717, 1.165) is 0 Å². The summed E-state index contributed by atoms with van der Waals surface area (Å²) in [4.78, 5) is 21.9. The monoisotopic (exact) mass is 329 g/mol. The Morgan fingerprint density at radius 3 is 2.40 bits per heavy atom. The second-order valence-electron chi connectivity index (χ2n) is 3.95. The van der Waals surface area contributed by atoms with Gasteiger partial charge in [0.1, 0.15) is 6.10 Å². The molecule has 0 aliphatic rings. The van der Waals surface area contributed by atoms with Gasteiger partial charge in [-0.1, -0.05) is 13.8 Å². The van der Waals surface area contributed by atoms with Gasteiger partial charge in [-0.2, -0.15) is 0 Å². The number of carbonyl (C=O) groups excluding carboxylic acids is 2. The summed E-state index contributed by atoms with van der Waals surface area (Å²) in [6, 6.07) is 0. The highest BCUT2D eigenvalue weighted by molar-refractivity contribution is 14.1. The summed E-state index contributed by atoms with van der Waals surface area (Å²) in [5, 5.41) is 20.9. The highest BCUT2D eigenvalue weighted by Gasteiger charge is 2.32. The number of aliphatic hydroxyl groups is 2. The largest absolute Gasteiger partial charge is 0.396 e. The van der Waals surface area contributed by atoms with Crippen LogP contribution in [0.25, 0.3) is 0 Å². The van der Waals surface area contributed by atoms with Crippen molar-refractivity contribution >= 4 is 32.3 Å². The molecule has 0 heterocycles. The zero-order valence-corrected chi connectivity index (χ0v) is 10.9. The first-order valence-electron chi connectivity index (χ1n) is 4.56. The second-order valence-corrected chi connectivity index (χ2v) is 5.15. The van der Waals surface area contributed by atoms with Crippen LogP contribution in [0.15, 0.2) is 0 Å². The van der Waals surface area contributed by atoms with Crippen LogP contribution in [-0.2, 0) is 9.59 Å². The Hall–Kier alpha value is -0.210. The maximum absolute atomic E-state index is 11.3. The lowest BCUT2D eigenvalue weighted by molar-refractivity contribution is -0.137. The summed E-state index contributed by atoms with van der Waals surface area (Å²) in [5.41, 5.74) is -0.877. The predicted molar refractivity (Wildman–Crippen MR) is 63.5 cm³/mol. The first-order chi connectivity index (χ1) is 6.81. The summed E-state index contributed by atoms with van der Waals surface area (Å²) in [6.45, 7) is 3.09. The van der Waals surface area contributed by atoms with E-state index in [1.54, 1.807) is 36.4 Å². The van der Waals surface area contributed by atoms with Crippen LogP contribution in [0.3, 0.4) is 0 Å². The number of carbonyl (C=O) groups is 2. The predicted octanol–water partition coefficient (Wildman–Crippen LogP) is -0.166. The van der Waals surface area contributed by atoms with Crippen LogP contribution in [0, 0.1) is 5.41 Å². The number of hydrogen-bond acceptors (Lipinski definition) is 4. The summed E-state index contributed by atoms with van der Waals surface area (Å²) in [7, 11) is 0. The van der Waals surface area contributed by atoms with Crippen LogP contribution < -0.4 is 5.32 Å². The first kappa shape index (κ1) is 14.8. The van der Waals surface area contributed by atoms with Crippen LogP contribution in [0.2, 0.25) is 0 Å². The molecule has 1 atom stereocenters. The average molecular weight is 329 g/mol. The third-order valence-electron chi connectivity index (χ3n) is 2.02. The molecule has 0 aliphatic carbocycles. The van der Waals surface area contributed by atoms with Gasteiger partial charge in [0.25, 0.3) is 0 Å². The van der Waals surface area contributed by atoms with Gasteiger partial charge >= 0.3 is 0 Å². The molecule has 0 spiro atoms. The molecule has 5 nitrogen and oxygen atoms in total. The molecular formula is C9H16INO4. The molecule has 0 radical (unpaired) electrons. The summed E-state index contributed by atoms with van der Waals surface area (Å²) >= 11 is 1.64. The van der Waals surface area contributed by atoms with E-state index < -0.39 is 17.4 Å². The van der Waals surface area contributed by atoms with E-state index in [-0.39, 0.29) is 23.4 Å². The lowest BCUT2D eigenvalue weighted by Crippen LogP contribution is -2.45. The van der Waals surface area contributed by atoms with Crippen molar-refractivity contribution in [3.63, 3.8) is 0 Å². The Bertz CT molecular complexity index is 242. The summed E-state index contributed by atoms with van der Waals surface area (Å²) in [6.07, 6.45) is -1.04. The Kier molecular flexibility index (Phi) is 6.30. The Morgan fingerprint density at radius 1 is 1.47 bits per heavy atom. The SMILES string of the molecule is CC(C)(CO)C(O)C(=O)NCCC(=O)I. The van der Waals surface area contributed by atoms with Crippen molar-refractivity contribution in [1.29, 1.82) is 0 Å².